The Hall–Kier alpha value is -3.26. The fourth-order valence-electron chi connectivity index (χ4n) is 5.93. The van der Waals surface area contributed by atoms with Gasteiger partial charge in [-0.3, -0.25) is 14.4 Å². The van der Waals surface area contributed by atoms with Crippen molar-refractivity contribution in [1.29, 1.82) is 0 Å². The Morgan fingerprint density at radius 2 is 1.00 bits per heavy atom. The second-order valence-corrected chi connectivity index (χ2v) is 20.8. The van der Waals surface area contributed by atoms with Crippen molar-refractivity contribution in [2.45, 2.75) is 104 Å². The highest BCUT2D eigenvalue weighted by atomic mass is 32.2. The Morgan fingerprint density at radius 3 is 1.36 bits per heavy atom. The summed E-state index contributed by atoms with van der Waals surface area (Å²) in [4.78, 5) is 34.8. The van der Waals surface area contributed by atoms with Gasteiger partial charge in [-0.2, -0.15) is 0 Å². The lowest BCUT2D eigenvalue weighted by molar-refractivity contribution is -0.114. The summed E-state index contributed by atoms with van der Waals surface area (Å²) < 4.78 is 41.5. The molecule has 3 aliphatic rings. The van der Waals surface area contributed by atoms with Gasteiger partial charge in [0, 0.05) is 42.6 Å². The average Bonchev–Trinajstić information content (AvgIpc) is 3.84. The van der Waals surface area contributed by atoms with Gasteiger partial charge in [0.25, 0.3) is 0 Å². The Bertz CT molecular complexity index is 1810. The molecule has 0 bridgehead atoms. The van der Waals surface area contributed by atoms with Gasteiger partial charge in [0.15, 0.2) is 17.3 Å². The lowest BCUT2D eigenvalue weighted by Crippen LogP contribution is -2.41. The Morgan fingerprint density at radius 1 is 0.600 bits per heavy atom. The number of Topliss-reactive ketones (excluding diaryl/α,β-unsaturated/α-hetero) is 3. The second-order valence-electron chi connectivity index (χ2n) is 15.1. The summed E-state index contributed by atoms with van der Waals surface area (Å²) in [6.45, 7) is 21.9. The normalized spacial score (nSPS) is 22.9. The Labute approximate surface area is 337 Å². The molecule has 302 valence electrons. The minimum atomic E-state index is -1.16. The highest BCUT2D eigenvalue weighted by Crippen LogP contribution is 2.29. The standard InChI is InChI=1S/C18H23NO2S.C13H21NO2S.C12H17NO2S/c1-14(20)16-12-13-19(22(21)18(2,3)4)17(16)11-10-15-8-6-5-7-9-15;1-6-7-12-11(10(2)15)8-9-14(12)17(16)13(3,4)5;1-4-5-6-7-12-11(10(2)14)8-9-13(12)16(3)15/h5-12,17H,13H2,1-4H3;6-8,12H,9H2,1-5H3;4-8,12H,9H2,1-3H3/b11-10+;7-6+;5-4+,7-6+/t17-,22-;12-,17-;12-,16-/m000/s1. The molecule has 1 aromatic rings. The van der Waals surface area contributed by atoms with Gasteiger partial charge >= 0.3 is 0 Å². The number of allylic oxidation sites excluding steroid dienone is 4. The van der Waals surface area contributed by atoms with Crippen molar-refractivity contribution in [1.82, 2.24) is 12.9 Å². The highest BCUT2D eigenvalue weighted by Gasteiger charge is 2.37. The molecule has 0 saturated carbocycles. The molecule has 0 radical (unpaired) electrons. The maximum atomic E-state index is 12.7. The van der Waals surface area contributed by atoms with Gasteiger partial charge < -0.3 is 0 Å². The van der Waals surface area contributed by atoms with E-state index in [0.717, 1.165) is 22.3 Å². The maximum Gasteiger partial charge on any atom is 0.157 e. The molecule has 0 N–H and O–H groups in total. The van der Waals surface area contributed by atoms with E-state index in [4.69, 9.17) is 0 Å². The fraction of sp³-hybridized carbons (Fsp3) is 0.465. The van der Waals surface area contributed by atoms with E-state index in [-0.39, 0.29) is 45.0 Å². The first-order valence-corrected chi connectivity index (χ1v) is 22.2. The van der Waals surface area contributed by atoms with E-state index in [1.54, 1.807) is 31.3 Å². The summed E-state index contributed by atoms with van der Waals surface area (Å²) in [6, 6.07) is 9.41. The van der Waals surface area contributed by atoms with Crippen molar-refractivity contribution < 1.29 is 27.0 Å². The zero-order valence-corrected chi connectivity index (χ0v) is 37.1. The molecule has 0 saturated heterocycles. The third-order valence-corrected chi connectivity index (χ3v) is 13.4. The molecule has 0 unspecified atom stereocenters. The van der Waals surface area contributed by atoms with Crippen molar-refractivity contribution in [2.24, 2.45) is 0 Å². The number of rotatable bonds is 11. The molecule has 0 aliphatic carbocycles. The van der Waals surface area contributed by atoms with Crippen LogP contribution in [0.5, 0.6) is 0 Å². The third-order valence-electron chi connectivity index (χ3n) is 8.63. The minimum absolute atomic E-state index is 0.0381. The molecule has 9 nitrogen and oxygen atoms in total. The van der Waals surface area contributed by atoms with Gasteiger partial charge in [-0.05, 0) is 81.7 Å². The van der Waals surface area contributed by atoms with Crippen molar-refractivity contribution >= 4 is 56.4 Å². The van der Waals surface area contributed by atoms with Gasteiger partial charge in [0.1, 0.15) is 22.0 Å². The maximum absolute atomic E-state index is 12.7. The number of carbonyl (C=O) groups excluding carboxylic acids is 3. The smallest absolute Gasteiger partial charge is 0.157 e. The van der Waals surface area contributed by atoms with Crippen LogP contribution in [0.15, 0.2) is 108 Å². The SMILES string of the molecule is C/C=C/C=C/[C@H]1C(C(C)=O)=CCN1[S@](C)=O.C/C=C/[C@H]1C(C(C)=O)=CCN1[S@@](=O)C(C)(C)C.CC(=O)C1=CCN([S@@](=O)C(C)(C)C)[C@H]1/C=C/c1ccccc1. The van der Waals surface area contributed by atoms with E-state index >= 15 is 0 Å². The van der Waals surface area contributed by atoms with Gasteiger partial charge in [-0.1, -0.05) is 97.2 Å². The van der Waals surface area contributed by atoms with Gasteiger partial charge in [0.2, 0.25) is 0 Å². The van der Waals surface area contributed by atoms with Crippen molar-refractivity contribution in [2.75, 3.05) is 25.9 Å². The molecule has 3 heterocycles. The van der Waals surface area contributed by atoms with Crippen LogP contribution < -0.4 is 0 Å². The lowest BCUT2D eigenvalue weighted by atomic mass is 10.0. The molecule has 55 heavy (non-hydrogen) atoms. The predicted octanol–water partition coefficient (Wildman–Crippen LogP) is 7.20. The van der Waals surface area contributed by atoms with Crippen LogP contribution in [0.3, 0.4) is 0 Å². The van der Waals surface area contributed by atoms with Gasteiger partial charge in [-0.25, -0.2) is 25.5 Å². The van der Waals surface area contributed by atoms with Crippen LogP contribution in [0, 0.1) is 0 Å². The van der Waals surface area contributed by atoms with E-state index in [9.17, 15) is 27.0 Å². The van der Waals surface area contributed by atoms with E-state index in [2.05, 4.69) is 0 Å². The monoisotopic (exact) mass is 811 g/mol. The van der Waals surface area contributed by atoms with E-state index in [0.29, 0.717) is 19.6 Å². The molecule has 6 atom stereocenters. The fourth-order valence-corrected chi connectivity index (χ4v) is 9.32. The molecule has 0 spiro atoms. The number of nitrogens with zero attached hydrogens (tertiary/aromatic N) is 3. The van der Waals surface area contributed by atoms with Crippen molar-refractivity contribution in [3.05, 3.63) is 113 Å². The predicted molar refractivity (Wildman–Crippen MR) is 232 cm³/mol. The first kappa shape index (κ1) is 47.9. The van der Waals surface area contributed by atoms with E-state index < -0.39 is 33.0 Å². The van der Waals surface area contributed by atoms with Crippen LogP contribution in [0.4, 0.5) is 0 Å². The van der Waals surface area contributed by atoms with E-state index in [1.165, 1.54) is 0 Å². The topological polar surface area (TPSA) is 112 Å². The van der Waals surface area contributed by atoms with E-state index in [1.807, 2.05) is 161 Å². The highest BCUT2D eigenvalue weighted by molar-refractivity contribution is 7.84. The minimum Gasteiger partial charge on any atom is -0.295 e. The van der Waals surface area contributed by atoms with Crippen LogP contribution in [-0.4, -0.2) is 96.4 Å². The third kappa shape index (κ3) is 14.0. The molecule has 0 fully saturated rings. The van der Waals surface area contributed by atoms with Crippen molar-refractivity contribution in [3.63, 3.8) is 0 Å². The number of carbonyl (C=O) groups is 3. The second kappa shape index (κ2) is 21.9. The first-order valence-electron chi connectivity index (χ1n) is 18.4. The largest absolute Gasteiger partial charge is 0.295 e. The quantitative estimate of drug-likeness (QED) is 0.173. The molecule has 0 amide bonds. The zero-order chi connectivity index (χ0) is 41.7. The molecular weight excluding hydrogens is 751 g/mol. The number of hydrogen-bond acceptors (Lipinski definition) is 6. The lowest BCUT2D eigenvalue weighted by Gasteiger charge is -2.29. The van der Waals surface area contributed by atoms with Crippen LogP contribution in [-0.2, 0) is 47.3 Å². The number of ketones is 3. The number of hydrogen-bond donors (Lipinski definition) is 0. The summed E-state index contributed by atoms with van der Waals surface area (Å²) in [6.07, 6.45) is 22.7. The average molecular weight is 812 g/mol. The summed E-state index contributed by atoms with van der Waals surface area (Å²) in [5.41, 5.74) is 3.28. The Balaban J connectivity index is 0.000000290. The van der Waals surface area contributed by atoms with Gasteiger partial charge in [-0.15, -0.1) is 0 Å². The molecule has 3 aliphatic heterocycles. The molecule has 4 rings (SSSR count). The zero-order valence-electron chi connectivity index (χ0n) is 34.6. The summed E-state index contributed by atoms with van der Waals surface area (Å²) in [7, 11) is -3.32. The summed E-state index contributed by atoms with van der Waals surface area (Å²) >= 11 is 0. The molecular formula is C43H61N3O6S3. The first-order chi connectivity index (χ1) is 25.7. The summed E-state index contributed by atoms with van der Waals surface area (Å²) in [5, 5.41) is 0. The molecule has 1 aromatic carbocycles. The van der Waals surface area contributed by atoms with Crippen LogP contribution in [0.1, 0.15) is 81.7 Å². The molecule has 12 heteroatoms. The molecule has 0 aromatic heterocycles. The van der Waals surface area contributed by atoms with Crippen LogP contribution in [0.2, 0.25) is 0 Å². The van der Waals surface area contributed by atoms with Crippen LogP contribution >= 0.6 is 0 Å². The number of benzene rings is 1. The van der Waals surface area contributed by atoms with Crippen LogP contribution in [0.25, 0.3) is 6.08 Å². The Kier molecular flexibility index (Phi) is 19.1. The summed E-state index contributed by atoms with van der Waals surface area (Å²) in [5.74, 6) is 0.140. The van der Waals surface area contributed by atoms with Crippen molar-refractivity contribution in [3.8, 4) is 0 Å². The van der Waals surface area contributed by atoms with Gasteiger partial charge in [0.05, 0.1) is 38.6 Å².